The van der Waals surface area contributed by atoms with Gasteiger partial charge in [0.25, 0.3) is 0 Å². The highest BCUT2D eigenvalue weighted by molar-refractivity contribution is 7.71. The molecule has 1 heterocycles. The molecule has 0 aliphatic carbocycles. The van der Waals surface area contributed by atoms with Crippen molar-refractivity contribution in [1.29, 1.82) is 0 Å². The molecule has 0 bridgehead atoms. The first-order valence-electron chi connectivity index (χ1n) is 4.62. The Labute approximate surface area is 93.8 Å². The molecular weight excluding hydrogens is 206 g/mol. The first-order valence-corrected chi connectivity index (χ1v) is 5.03. The van der Waals surface area contributed by atoms with Crippen LogP contribution in [-0.2, 0) is 0 Å². The van der Waals surface area contributed by atoms with E-state index in [4.69, 9.17) is 17.0 Å². The summed E-state index contributed by atoms with van der Waals surface area (Å²) in [5, 5.41) is 0. The highest BCUT2D eigenvalue weighted by atomic mass is 32.1. The van der Waals surface area contributed by atoms with E-state index in [9.17, 15) is 0 Å². The minimum absolute atomic E-state index is 0.847. The van der Waals surface area contributed by atoms with Gasteiger partial charge in [-0.1, -0.05) is 12.2 Å². The number of methoxy groups -OCH3 is 1. The van der Waals surface area contributed by atoms with Crippen LogP contribution in [0.15, 0.2) is 48.8 Å². The van der Waals surface area contributed by atoms with Gasteiger partial charge in [-0.25, -0.2) is 0 Å². The van der Waals surface area contributed by atoms with Gasteiger partial charge in [0.05, 0.1) is 7.11 Å². The third-order valence-electron chi connectivity index (χ3n) is 2.17. The third-order valence-corrected chi connectivity index (χ3v) is 2.44. The molecule has 0 spiro atoms. The smallest absolute Gasteiger partial charge is 0.119 e. The summed E-state index contributed by atoms with van der Waals surface area (Å²) in [6.45, 7) is 0. The molecule has 2 rings (SSSR count). The van der Waals surface area contributed by atoms with Crippen LogP contribution in [0.4, 0.5) is 0 Å². The second-order valence-corrected chi connectivity index (χ2v) is 3.61. The highest BCUT2D eigenvalue weighted by Gasteiger charge is 1.94. The molecule has 0 radical (unpaired) electrons. The van der Waals surface area contributed by atoms with Crippen molar-refractivity contribution >= 4 is 12.2 Å². The minimum atomic E-state index is 0.847. The number of benzene rings is 1. The Bertz CT molecular complexity index is 481. The Hall–Kier alpha value is -1.61. The summed E-state index contributed by atoms with van der Waals surface area (Å²) in [4.78, 5) is 0. The van der Waals surface area contributed by atoms with Crippen molar-refractivity contribution in [3.8, 4) is 11.4 Å². The van der Waals surface area contributed by atoms with Gasteiger partial charge in [-0.3, -0.25) is 0 Å². The van der Waals surface area contributed by atoms with E-state index in [1.807, 2.05) is 53.4 Å². The lowest BCUT2D eigenvalue weighted by molar-refractivity contribution is 0.414. The second kappa shape index (κ2) is 4.28. The Balaban J connectivity index is 2.37. The van der Waals surface area contributed by atoms with Crippen LogP contribution >= 0.6 is 12.2 Å². The van der Waals surface area contributed by atoms with Crippen LogP contribution < -0.4 is 4.74 Å². The van der Waals surface area contributed by atoms with Gasteiger partial charge in [0.1, 0.15) is 5.75 Å². The molecule has 0 aliphatic heterocycles. The molecule has 0 aliphatic rings. The quantitative estimate of drug-likeness (QED) is 0.717. The molecule has 1 aromatic carbocycles. The molecule has 2 nitrogen and oxygen atoms in total. The summed E-state index contributed by atoms with van der Waals surface area (Å²) in [5.41, 5.74) is 1.09. The van der Waals surface area contributed by atoms with Gasteiger partial charge in [-0.2, -0.15) is 0 Å². The Morgan fingerprint density at radius 1 is 1.00 bits per heavy atom. The fraction of sp³-hybridized carbons (Fsp3) is 0.0833. The number of hydrogen-bond donors (Lipinski definition) is 0. The lowest BCUT2D eigenvalue weighted by atomic mass is 10.3. The summed E-state index contributed by atoms with van der Waals surface area (Å²) in [6.07, 6.45) is 3.90. The second-order valence-electron chi connectivity index (χ2n) is 3.14. The maximum absolute atomic E-state index is 5.10. The molecule has 1 aromatic heterocycles. The average molecular weight is 217 g/mol. The molecule has 0 N–H and O–H groups in total. The molecule has 0 amide bonds. The molecule has 0 saturated heterocycles. The summed E-state index contributed by atoms with van der Waals surface area (Å²) < 4.78 is 7.95. The SMILES string of the molecule is COc1ccc(-n2ccc(=S)cc2)cc1. The predicted molar refractivity (Wildman–Crippen MR) is 63.2 cm³/mol. The number of aromatic nitrogens is 1. The lowest BCUT2D eigenvalue weighted by Crippen LogP contribution is -1.93. The van der Waals surface area contributed by atoms with Gasteiger partial charge < -0.3 is 9.30 Å². The standard InChI is InChI=1S/C12H11NOS/c1-14-11-4-2-10(3-5-11)13-8-6-12(15)7-9-13/h2-9H,1H3. The molecule has 0 fully saturated rings. The summed E-state index contributed by atoms with van der Waals surface area (Å²) in [6, 6.07) is 11.7. The van der Waals surface area contributed by atoms with Crippen LogP contribution in [0.2, 0.25) is 0 Å². The Morgan fingerprint density at radius 2 is 1.60 bits per heavy atom. The number of hydrogen-bond acceptors (Lipinski definition) is 2. The van der Waals surface area contributed by atoms with E-state index in [0.29, 0.717) is 0 Å². The van der Waals surface area contributed by atoms with E-state index in [-0.39, 0.29) is 0 Å². The lowest BCUT2D eigenvalue weighted by Gasteiger charge is -2.06. The van der Waals surface area contributed by atoms with Crippen LogP contribution in [0, 0.1) is 4.51 Å². The van der Waals surface area contributed by atoms with Gasteiger partial charge in [0.15, 0.2) is 0 Å². The van der Waals surface area contributed by atoms with Gasteiger partial charge in [0, 0.05) is 22.6 Å². The minimum Gasteiger partial charge on any atom is -0.497 e. The van der Waals surface area contributed by atoms with Crippen molar-refractivity contribution in [2.24, 2.45) is 0 Å². The van der Waals surface area contributed by atoms with Crippen LogP contribution in [0.1, 0.15) is 0 Å². The van der Waals surface area contributed by atoms with Crippen LogP contribution in [0.3, 0.4) is 0 Å². The fourth-order valence-corrected chi connectivity index (χ4v) is 1.46. The third kappa shape index (κ3) is 2.25. The van der Waals surface area contributed by atoms with Gasteiger partial charge in [-0.15, -0.1) is 0 Å². The average Bonchev–Trinajstić information content (AvgIpc) is 2.30. The first-order chi connectivity index (χ1) is 7.29. The molecule has 2 aromatic rings. The molecule has 3 heteroatoms. The van der Waals surface area contributed by atoms with Crippen LogP contribution in [0.25, 0.3) is 5.69 Å². The largest absolute Gasteiger partial charge is 0.497 e. The Kier molecular flexibility index (Phi) is 2.83. The molecule has 0 saturated carbocycles. The van der Waals surface area contributed by atoms with E-state index in [2.05, 4.69) is 0 Å². The zero-order valence-electron chi connectivity index (χ0n) is 8.38. The Morgan fingerprint density at radius 3 is 2.13 bits per heavy atom. The summed E-state index contributed by atoms with van der Waals surface area (Å²) in [7, 11) is 1.66. The van der Waals surface area contributed by atoms with Crippen molar-refractivity contribution < 1.29 is 4.74 Å². The van der Waals surface area contributed by atoms with Crippen LogP contribution in [0.5, 0.6) is 5.75 Å². The number of ether oxygens (including phenoxy) is 1. The fourth-order valence-electron chi connectivity index (χ4n) is 1.34. The predicted octanol–water partition coefficient (Wildman–Crippen LogP) is 3.22. The number of pyridine rings is 1. The summed E-state index contributed by atoms with van der Waals surface area (Å²) in [5.74, 6) is 0.860. The molecule has 0 unspecified atom stereocenters. The van der Waals surface area contributed by atoms with E-state index in [1.165, 1.54) is 0 Å². The normalized spacial score (nSPS) is 9.93. The van der Waals surface area contributed by atoms with Crippen molar-refractivity contribution in [2.75, 3.05) is 7.11 Å². The monoisotopic (exact) mass is 217 g/mol. The van der Waals surface area contributed by atoms with Crippen molar-refractivity contribution in [3.63, 3.8) is 0 Å². The summed E-state index contributed by atoms with van der Waals surface area (Å²) >= 11 is 5.03. The number of nitrogens with zero attached hydrogens (tertiary/aromatic N) is 1. The maximum atomic E-state index is 5.10. The molecular formula is C12H11NOS. The number of rotatable bonds is 2. The first kappa shape index (κ1) is 9.93. The van der Waals surface area contributed by atoms with Gasteiger partial charge in [0.2, 0.25) is 0 Å². The maximum Gasteiger partial charge on any atom is 0.119 e. The van der Waals surface area contributed by atoms with E-state index in [1.54, 1.807) is 7.11 Å². The zero-order valence-corrected chi connectivity index (χ0v) is 9.20. The highest BCUT2D eigenvalue weighted by Crippen LogP contribution is 2.14. The van der Waals surface area contributed by atoms with Crippen LogP contribution in [-0.4, -0.2) is 11.7 Å². The van der Waals surface area contributed by atoms with E-state index < -0.39 is 0 Å². The molecule has 76 valence electrons. The van der Waals surface area contributed by atoms with Crippen molar-refractivity contribution in [1.82, 2.24) is 4.57 Å². The molecule has 15 heavy (non-hydrogen) atoms. The van der Waals surface area contributed by atoms with Gasteiger partial charge in [-0.05, 0) is 36.4 Å². The van der Waals surface area contributed by atoms with Crippen molar-refractivity contribution in [2.45, 2.75) is 0 Å². The van der Waals surface area contributed by atoms with Crippen molar-refractivity contribution in [3.05, 3.63) is 53.3 Å². The topological polar surface area (TPSA) is 14.2 Å². The molecule has 0 atom stereocenters. The zero-order chi connectivity index (χ0) is 10.7. The van der Waals surface area contributed by atoms with Gasteiger partial charge >= 0.3 is 0 Å². The van der Waals surface area contributed by atoms with E-state index >= 15 is 0 Å². The van der Waals surface area contributed by atoms with E-state index in [0.717, 1.165) is 15.9 Å².